The van der Waals surface area contributed by atoms with Crippen molar-refractivity contribution in [3.8, 4) is 5.75 Å². The second-order valence-corrected chi connectivity index (χ2v) is 4.71. The van der Waals surface area contributed by atoms with Gasteiger partial charge in [0.05, 0.1) is 0 Å². The van der Waals surface area contributed by atoms with Crippen LogP contribution in [0.1, 0.15) is 37.7 Å². The lowest BCUT2D eigenvalue weighted by molar-refractivity contribution is 0.240. The lowest BCUT2D eigenvalue weighted by Gasteiger charge is -2.24. The summed E-state index contributed by atoms with van der Waals surface area (Å²) in [6.07, 6.45) is 6.83. The van der Waals surface area contributed by atoms with Gasteiger partial charge in [-0.05, 0) is 43.6 Å². The minimum Gasteiger partial charge on any atom is -0.508 e. The van der Waals surface area contributed by atoms with Crippen molar-refractivity contribution in [3.05, 3.63) is 29.8 Å². The summed E-state index contributed by atoms with van der Waals surface area (Å²) < 4.78 is 0. The maximum Gasteiger partial charge on any atom is 0.115 e. The van der Waals surface area contributed by atoms with Gasteiger partial charge >= 0.3 is 0 Å². The lowest BCUT2D eigenvalue weighted by atomic mass is 10.1. The van der Waals surface area contributed by atoms with E-state index in [-0.39, 0.29) is 0 Å². The van der Waals surface area contributed by atoms with Crippen molar-refractivity contribution in [1.29, 1.82) is 0 Å². The summed E-state index contributed by atoms with van der Waals surface area (Å²) >= 11 is 0. The second-order valence-electron chi connectivity index (χ2n) is 4.71. The fourth-order valence-corrected chi connectivity index (χ4v) is 2.33. The minimum absolute atomic E-state index is 0.358. The molecule has 0 radical (unpaired) electrons. The van der Waals surface area contributed by atoms with Gasteiger partial charge in [-0.1, -0.05) is 31.4 Å². The molecule has 1 fully saturated rings. The Hall–Kier alpha value is -1.02. The van der Waals surface area contributed by atoms with Crippen LogP contribution in [-0.2, 0) is 6.54 Å². The van der Waals surface area contributed by atoms with Gasteiger partial charge < -0.3 is 5.11 Å². The normalized spacial score (nSPS) is 19.0. The summed E-state index contributed by atoms with van der Waals surface area (Å²) in [6, 6.07) is 7.60. The Morgan fingerprint density at radius 3 is 2.06 bits per heavy atom. The van der Waals surface area contributed by atoms with E-state index in [0.717, 1.165) is 6.54 Å². The first-order chi connectivity index (χ1) is 7.84. The Balaban J connectivity index is 1.89. The predicted molar refractivity (Wildman–Crippen MR) is 66.5 cm³/mol. The van der Waals surface area contributed by atoms with Crippen molar-refractivity contribution in [2.24, 2.45) is 0 Å². The average molecular weight is 219 g/mol. The quantitative estimate of drug-likeness (QED) is 0.826. The second kappa shape index (κ2) is 5.90. The molecule has 16 heavy (non-hydrogen) atoms. The molecule has 0 atom stereocenters. The third-order valence-corrected chi connectivity index (χ3v) is 3.29. The first-order valence-electron chi connectivity index (χ1n) is 6.35. The van der Waals surface area contributed by atoms with Crippen molar-refractivity contribution in [3.63, 3.8) is 0 Å². The number of phenolic OH excluding ortho intramolecular Hbond substituents is 1. The zero-order valence-electron chi connectivity index (χ0n) is 9.86. The predicted octanol–water partition coefficient (Wildman–Crippen LogP) is 3.16. The molecule has 0 aromatic heterocycles. The number of nitrogens with zero attached hydrogens (tertiary/aromatic N) is 1. The Labute approximate surface area is 97.9 Å². The fourth-order valence-electron chi connectivity index (χ4n) is 2.33. The van der Waals surface area contributed by atoms with E-state index in [1.54, 1.807) is 12.1 Å². The van der Waals surface area contributed by atoms with Gasteiger partial charge in [-0.2, -0.15) is 0 Å². The van der Waals surface area contributed by atoms with Gasteiger partial charge in [-0.3, -0.25) is 4.90 Å². The standard InChI is InChI=1S/C14H21NO/c16-14-8-6-13(7-9-14)12-15-10-4-2-1-3-5-11-15/h6-9,16H,1-5,10-12H2. The zero-order chi connectivity index (χ0) is 11.2. The average Bonchev–Trinajstić information content (AvgIpc) is 2.25. The van der Waals surface area contributed by atoms with Crippen LogP contribution in [0.3, 0.4) is 0 Å². The van der Waals surface area contributed by atoms with Gasteiger partial charge in [-0.25, -0.2) is 0 Å². The highest BCUT2D eigenvalue weighted by atomic mass is 16.3. The molecule has 88 valence electrons. The molecule has 0 unspecified atom stereocenters. The third kappa shape index (κ3) is 3.53. The summed E-state index contributed by atoms with van der Waals surface area (Å²) in [5, 5.41) is 9.23. The van der Waals surface area contributed by atoms with Crippen LogP contribution in [0, 0.1) is 0 Å². The molecule has 1 aliphatic rings. The molecule has 1 aliphatic heterocycles. The summed E-state index contributed by atoms with van der Waals surface area (Å²) in [5.74, 6) is 0.358. The van der Waals surface area contributed by atoms with Crippen LogP contribution in [0.15, 0.2) is 24.3 Å². The molecule has 0 bridgehead atoms. The molecule has 1 aromatic rings. The molecule has 0 spiro atoms. The van der Waals surface area contributed by atoms with Gasteiger partial charge in [0.1, 0.15) is 5.75 Å². The molecule has 1 heterocycles. The zero-order valence-corrected chi connectivity index (χ0v) is 9.86. The Bertz CT molecular complexity index is 299. The highest BCUT2D eigenvalue weighted by Gasteiger charge is 2.08. The van der Waals surface area contributed by atoms with E-state index in [1.807, 2.05) is 12.1 Å². The van der Waals surface area contributed by atoms with Gasteiger partial charge in [0, 0.05) is 6.54 Å². The molecule has 1 aromatic carbocycles. The van der Waals surface area contributed by atoms with E-state index in [0.29, 0.717) is 5.75 Å². The monoisotopic (exact) mass is 219 g/mol. The SMILES string of the molecule is Oc1ccc(CN2CCCCCCC2)cc1. The van der Waals surface area contributed by atoms with E-state index >= 15 is 0 Å². The molecular formula is C14H21NO. The molecule has 0 amide bonds. The summed E-state index contributed by atoms with van der Waals surface area (Å²) in [6.45, 7) is 3.47. The van der Waals surface area contributed by atoms with Crippen molar-refractivity contribution in [2.75, 3.05) is 13.1 Å². The molecule has 0 aliphatic carbocycles. The number of aromatic hydroxyl groups is 1. The minimum atomic E-state index is 0.358. The van der Waals surface area contributed by atoms with E-state index < -0.39 is 0 Å². The van der Waals surface area contributed by atoms with Crippen LogP contribution in [0.25, 0.3) is 0 Å². The first kappa shape index (κ1) is 11.5. The summed E-state index contributed by atoms with van der Waals surface area (Å²) in [5.41, 5.74) is 1.30. The third-order valence-electron chi connectivity index (χ3n) is 3.29. The number of likely N-dealkylation sites (tertiary alicyclic amines) is 1. The van der Waals surface area contributed by atoms with Gasteiger partial charge in [-0.15, -0.1) is 0 Å². The maximum absolute atomic E-state index is 9.23. The number of hydrogen-bond donors (Lipinski definition) is 1. The summed E-state index contributed by atoms with van der Waals surface area (Å²) in [4.78, 5) is 2.53. The van der Waals surface area contributed by atoms with Crippen LogP contribution >= 0.6 is 0 Å². The van der Waals surface area contributed by atoms with E-state index in [9.17, 15) is 5.11 Å². The highest BCUT2D eigenvalue weighted by Crippen LogP contribution is 2.15. The lowest BCUT2D eigenvalue weighted by Crippen LogP contribution is -2.26. The Morgan fingerprint density at radius 1 is 0.875 bits per heavy atom. The van der Waals surface area contributed by atoms with Crippen LogP contribution in [0.5, 0.6) is 5.75 Å². The maximum atomic E-state index is 9.23. The number of hydrogen-bond acceptors (Lipinski definition) is 2. The molecule has 2 heteroatoms. The van der Waals surface area contributed by atoms with Gasteiger partial charge in [0.2, 0.25) is 0 Å². The number of benzene rings is 1. The van der Waals surface area contributed by atoms with E-state index in [4.69, 9.17) is 0 Å². The molecular weight excluding hydrogens is 198 g/mol. The largest absolute Gasteiger partial charge is 0.508 e. The molecule has 2 rings (SSSR count). The topological polar surface area (TPSA) is 23.5 Å². The molecule has 1 N–H and O–H groups in total. The molecule has 1 saturated heterocycles. The van der Waals surface area contributed by atoms with E-state index in [1.165, 1.54) is 50.8 Å². The van der Waals surface area contributed by atoms with E-state index in [2.05, 4.69) is 4.90 Å². The Morgan fingerprint density at radius 2 is 1.44 bits per heavy atom. The molecule has 2 nitrogen and oxygen atoms in total. The van der Waals surface area contributed by atoms with Crippen LogP contribution in [0.4, 0.5) is 0 Å². The Kier molecular flexibility index (Phi) is 4.23. The van der Waals surface area contributed by atoms with Crippen molar-refractivity contribution in [2.45, 2.75) is 38.6 Å². The van der Waals surface area contributed by atoms with Gasteiger partial charge in [0.25, 0.3) is 0 Å². The highest BCUT2D eigenvalue weighted by molar-refractivity contribution is 5.25. The number of rotatable bonds is 2. The molecule has 0 saturated carbocycles. The van der Waals surface area contributed by atoms with Crippen LogP contribution < -0.4 is 0 Å². The number of phenols is 1. The van der Waals surface area contributed by atoms with Gasteiger partial charge in [0.15, 0.2) is 0 Å². The van der Waals surface area contributed by atoms with Crippen molar-refractivity contribution < 1.29 is 5.11 Å². The van der Waals surface area contributed by atoms with Crippen molar-refractivity contribution in [1.82, 2.24) is 4.90 Å². The van der Waals surface area contributed by atoms with Crippen molar-refractivity contribution >= 4 is 0 Å². The smallest absolute Gasteiger partial charge is 0.115 e. The first-order valence-corrected chi connectivity index (χ1v) is 6.35. The summed E-state index contributed by atoms with van der Waals surface area (Å²) in [7, 11) is 0. The fraction of sp³-hybridized carbons (Fsp3) is 0.571. The van der Waals surface area contributed by atoms with Crippen LogP contribution in [-0.4, -0.2) is 23.1 Å². The van der Waals surface area contributed by atoms with Crippen LogP contribution in [0.2, 0.25) is 0 Å².